The van der Waals surface area contributed by atoms with Crippen LogP contribution in [0.25, 0.3) is 0 Å². The predicted molar refractivity (Wildman–Crippen MR) is 131 cm³/mol. The van der Waals surface area contributed by atoms with Crippen molar-refractivity contribution in [2.24, 2.45) is 5.92 Å². The van der Waals surface area contributed by atoms with E-state index in [4.69, 9.17) is 0 Å². The summed E-state index contributed by atoms with van der Waals surface area (Å²) in [4.78, 5) is 27.7. The van der Waals surface area contributed by atoms with E-state index in [2.05, 4.69) is 19.2 Å². The van der Waals surface area contributed by atoms with E-state index in [1.165, 1.54) is 32.6 Å². The maximum Gasteiger partial charge on any atom is 0.244 e. The van der Waals surface area contributed by atoms with Gasteiger partial charge in [0.2, 0.25) is 21.8 Å². The van der Waals surface area contributed by atoms with Gasteiger partial charge in [-0.25, -0.2) is 8.42 Å². The van der Waals surface area contributed by atoms with E-state index in [0.29, 0.717) is 30.4 Å². The van der Waals surface area contributed by atoms with Gasteiger partial charge in [-0.05, 0) is 61.1 Å². The molecule has 2 aromatic rings. The number of nitrogens with zero attached hydrogens (tertiary/aromatic N) is 2. The average Bonchev–Trinajstić information content (AvgIpc) is 2.81. The normalized spacial score (nSPS) is 17.6. The molecule has 2 aromatic carbocycles. The zero-order chi connectivity index (χ0) is 23.6. The van der Waals surface area contributed by atoms with Gasteiger partial charge in [-0.15, -0.1) is 11.8 Å². The van der Waals surface area contributed by atoms with Crippen LogP contribution in [0.3, 0.4) is 0 Å². The first-order valence-corrected chi connectivity index (χ1v) is 13.7. The summed E-state index contributed by atoms with van der Waals surface area (Å²) in [6, 6.07) is 12.4. The third-order valence-electron chi connectivity index (χ3n) is 6.20. The Balaban J connectivity index is 1.55. The summed E-state index contributed by atoms with van der Waals surface area (Å²) in [6.07, 6.45) is 2.58. The van der Waals surface area contributed by atoms with Crippen LogP contribution in [0.2, 0.25) is 0 Å². The van der Waals surface area contributed by atoms with Crippen molar-refractivity contribution in [2.75, 3.05) is 35.6 Å². The second kappa shape index (κ2) is 9.87. The van der Waals surface area contributed by atoms with E-state index in [9.17, 15) is 18.0 Å². The summed E-state index contributed by atoms with van der Waals surface area (Å²) < 4.78 is 28.0. The second-order valence-electron chi connectivity index (χ2n) is 8.58. The average molecular weight is 488 g/mol. The maximum atomic E-state index is 13.2. The quantitative estimate of drug-likeness (QED) is 0.671. The summed E-state index contributed by atoms with van der Waals surface area (Å²) in [7, 11) is -3.66. The van der Waals surface area contributed by atoms with Gasteiger partial charge in [0.15, 0.2) is 0 Å². The van der Waals surface area contributed by atoms with Crippen LogP contribution in [0.1, 0.15) is 32.3 Å². The molecule has 1 saturated heterocycles. The molecule has 0 aliphatic carbocycles. The lowest BCUT2D eigenvalue weighted by Gasteiger charge is -2.31. The SMILES string of the molecule is CCc1ccc(NC(=O)CN2C(=O)CSc3ccc(S(=O)(=O)N4CCC(C)CC4)cc32)cc1. The molecule has 0 aromatic heterocycles. The van der Waals surface area contributed by atoms with Crippen molar-refractivity contribution in [1.29, 1.82) is 0 Å². The molecule has 0 bridgehead atoms. The summed E-state index contributed by atoms with van der Waals surface area (Å²) >= 11 is 1.36. The number of carbonyl (C=O) groups is 2. The van der Waals surface area contributed by atoms with E-state index in [1.54, 1.807) is 12.1 Å². The molecule has 9 heteroatoms. The molecule has 2 amide bonds. The summed E-state index contributed by atoms with van der Waals surface area (Å²) in [6.45, 7) is 5.01. The number of amides is 2. The van der Waals surface area contributed by atoms with Crippen molar-refractivity contribution >= 4 is 45.0 Å². The monoisotopic (exact) mass is 487 g/mol. The lowest BCUT2D eigenvalue weighted by Crippen LogP contribution is -2.41. The van der Waals surface area contributed by atoms with Crippen molar-refractivity contribution in [1.82, 2.24) is 4.31 Å². The van der Waals surface area contributed by atoms with Crippen LogP contribution in [0.4, 0.5) is 11.4 Å². The van der Waals surface area contributed by atoms with Crippen LogP contribution in [0, 0.1) is 5.92 Å². The third-order valence-corrected chi connectivity index (χ3v) is 9.14. The Kier molecular flexibility index (Phi) is 7.11. The molecule has 0 atom stereocenters. The predicted octanol–water partition coefficient (Wildman–Crippen LogP) is 3.75. The van der Waals surface area contributed by atoms with Crippen molar-refractivity contribution in [3.63, 3.8) is 0 Å². The number of nitrogens with one attached hydrogen (secondary N) is 1. The van der Waals surface area contributed by atoms with Crippen LogP contribution >= 0.6 is 11.8 Å². The van der Waals surface area contributed by atoms with E-state index in [0.717, 1.165) is 24.2 Å². The summed E-state index contributed by atoms with van der Waals surface area (Å²) in [5.41, 5.74) is 2.30. The number of piperidine rings is 1. The summed E-state index contributed by atoms with van der Waals surface area (Å²) in [5, 5.41) is 2.83. The number of fused-ring (bicyclic) bond motifs is 1. The second-order valence-corrected chi connectivity index (χ2v) is 11.5. The highest BCUT2D eigenvalue weighted by Gasteiger charge is 2.32. The van der Waals surface area contributed by atoms with Gasteiger partial charge in [0, 0.05) is 23.7 Å². The van der Waals surface area contributed by atoms with Gasteiger partial charge in [-0.3, -0.25) is 9.59 Å². The molecular formula is C24H29N3O4S2. The van der Waals surface area contributed by atoms with Crippen molar-refractivity contribution in [2.45, 2.75) is 42.9 Å². The van der Waals surface area contributed by atoms with E-state index in [1.807, 2.05) is 24.3 Å². The first-order valence-electron chi connectivity index (χ1n) is 11.2. The van der Waals surface area contributed by atoms with Gasteiger partial charge in [0.25, 0.3) is 0 Å². The Morgan fingerprint density at radius 1 is 1.12 bits per heavy atom. The molecule has 2 aliphatic rings. The number of thioether (sulfide) groups is 1. The van der Waals surface area contributed by atoms with Gasteiger partial charge < -0.3 is 10.2 Å². The first-order chi connectivity index (χ1) is 15.8. The van der Waals surface area contributed by atoms with Crippen LogP contribution in [0.5, 0.6) is 0 Å². The Labute approximate surface area is 199 Å². The fraction of sp³-hybridized carbons (Fsp3) is 0.417. The fourth-order valence-corrected chi connectivity index (χ4v) is 6.46. The Morgan fingerprint density at radius 3 is 2.48 bits per heavy atom. The molecule has 2 aliphatic heterocycles. The largest absolute Gasteiger partial charge is 0.325 e. The maximum absolute atomic E-state index is 13.2. The highest BCUT2D eigenvalue weighted by Crippen LogP contribution is 2.37. The Hall–Kier alpha value is -2.36. The highest BCUT2D eigenvalue weighted by atomic mass is 32.2. The zero-order valence-electron chi connectivity index (χ0n) is 18.9. The lowest BCUT2D eigenvalue weighted by atomic mass is 10.0. The number of benzene rings is 2. The smallest absolute Gasteiger partial charge is 0.244 e. The molecule has 7 nitrogen and oxygen atoms in total. The van der Waals surface area contributed by atoms with Gasteiger partial charge in [0.1, 0.15) is 6.54 Å². The minimum Gasteiger partial charge on any atom is -0.325 e. The first kappa shape index (κ1) is 23.8. The number of anilines is 2. The van der Waals surface area contributed by atoms with E-state index < -0.39 is 10.0 Å². The van der Waals surface area contributed by atoms with Crippen LogP contribution in [-0.4, -0.2) is 49.9 Å². The van der Waals surface area contributed by atoms with Gasteiger partial charge in [-0.2, -0.15) is 4.31 Å². The number of rotatable bonds is 6. The molecule has 2 heterocycles. The molecule has 176 valence electrons. The van der Waals surface area contributed by atoms with Crippen molar-refractivity contribution in [3.05, 3.63) is 48.0 Å². The number of hydrogen-bond donors (Lipinski definition) is 1. The van der Waals surface area contributed by atoms with Crippen LogP contribution in [0.15, 0.2) is 52.3 Å². The molecule has 1 fully saturated rings. The minimum atomic E-state index is -3.66. The Bertz CT molecular complexity index is 1140. The zero-order valence-corrected chi connectivity index (χ0v) is 20.5. The Morgan fingerprint density at radius 2 is 1.82 bits per heavy atom. The lowest BCUT2D eigenvalue weighted by molar-refractivity contribution is -0.120. The fourth-order valence-electron chi connectivity index (χ4n) is 4.06. The van der Waals surface area contributed by atoms with Crippen molar-refractivity contribution < 1.29 is 18.0 Å². The van der Waals surface area contributed by atoms with Gasteiger partial charge >= 0.3 is 0 Å². The molecule has 33 heavy (non-hydrogen) atoms. The molecule has 1 N–H and O–H groups in total. The number of sulfonamides is 1. The molecule has 0 spiro atoms. The highest BCUT2D eigenvalue weighted by molar-refractivity contribution is 8.00. The van der Waals surface area contributed by atoms with E-state index >= 15 is 0 Å². The number of carbonyl (C=O) groups excluding carboxylic acids is 2. The van der Waals surface area contributed by atoms with Gasteiger partial charge in [0.05, 0.1) is 16.3 Å². The third kappa shape index (κ3) is 5.26. The standard InChI is InChI=1S/C24H29N3O4S2/c1-3-18-4-6-19(7-5-18)25-23(28)15-27-21-14-20(8-9-22(21)32-16-24(27)29)33(30,31)26-12-10-17(2)11-13-26/h4-9,14,17H,3,10-13,15-16H2,1-2H3,(H,25,28). The number of hydrogen-bond acceptors (Lipinski definition) is 5. The van der Waals surface area contributed by atoms with Gasteiger partial charge in [-0.1, -0.05) is 26.0 Å². The molecule has 0 saturated carbocycles. The van der Waals surface area contributed by atoms with Crippen molar-refractivity contribution in [3.8, 4) is 0 Å². The summed E-state index contributed by atoms with van der Waals surface area (Å²) in [5.74, 6) is 0.178. The van der Waals surface area contributed by atoms with Crippen LogP contribution < -0.4 is 10.2 Å². The minimum absolute atomic E-state index is 0.159. The van der Waals surface area contributed by atoms with Crippen LogP contribution in [-0.2, 0) is 26.0 Å². The molecule has 0 unspecified atom stereocenters. The molecular weight excluding hydrogens is 458 g/mol. The van der Waals surface area contributed by atoms with E-state index in [-0.39, 0.29) is 29.0 Å². The number of aryl methyl sites for hydroxylation is 1. The molecule has 4 rings (SSSR count). The molecule has 0 radical (unpaired) electrons. The topological polar surface area (TPSA) is 86.8 Å².